The lowest BCUT2D eigenvalue weighted by Gasteiger charge is -2.38. The number of quaternary nitrogens is 1. The van der Waals surface area contributed by atoms with E-state index in [-0.39, 0.29) is 16.4 Å². The molecule has 0 saturated heterocycles. The van der Waals surface area contributed by atoms with Crippen molar-refractivity contribution in [3.05, 3.63) is 64.9 Å². The van der Waals surface area contributed by atoms with Gasteiger partial charge in [0, 0.05) is 30.3 Å². The van der Waals surface area contributed by atoms with E-state index < -0.39 is 12.2 Å². The zero-order valence-corrected chi connectivity index (χ0v) is 18.1. The number of nitrogens with zero attached hydrogens (tertiary/aromatic N) is 1. The van der Waals surface area contributed by atoms with Gasteiger partial charge in [0.05, 0.1) is 7.11 Å². The van der Waals surface area contributed by atoms with E-state index in [9.17, 15) is 10.0 Å². The zero-order chi connectivity index (χ0) is 21.0. The van der Waals surface area contributed by atoms with Crippen LogP contribution in [0.4, 0.5) is 0 Å². The Bertz CT molecular complexity index is 828. The molecule has 2 aromatic carbocycles. The quantitative estimate of drug-likeness (QED) is 0.577. The Morgan fingerprint density at radius 2 is 1.86 bits per heavy atom. The van der Waals surface area contributed by atoms with Crippen LogP contribution in [-0.4, -0.2) is 44.8 Å². The van der Waals surface area contributed by atoms with Crippen molar-refractivity contribution in [3.63, 3.8) is 0 Å². The molecule has 0 aromatic heterocycles. The van der Waals surface area contributed by atoms with Gasteiger partial charge in [-0.2, -0.15) is 0 Å². The van der Waals surface area contributed by atoms with Crippen molar-refractivity contribution in [2.45, 2.75) is 35.8 Å². The second-order valence-corrected chi connectivity index (χ2v) is 8.61. The van der Waals surface area contributed by atoms with Crippen LogP contribution in [0.1, 0.15) is 35.8 Å². The molecule has 1 aliphatic rings. The van der Waals surface area contributed by atoms with Crippen molar-refractivity contribution in [2.24, 2.45) is 0 Å². The molecule has 7 heteroatoms. The summed E-state index contributed by atoms with van der Waals surface area (Å²) in [5.41, 5.74) is 1.94. The highest BCUT2D eigenvalue weighted by Gasteiger charge is 2.40. The van der Waals surface area contributed by atoms with Crippen molar-refractivity contribution >= 4 is 17.7 Å². The molecular formula is C22H28N2O4S. The number of thioether (sulfide) groups is 1. The number of hydroxylamine groups is 2. The molecule has 3 rings (SSSR count). The molecule has 0 spiro atoms. The monoisotopic (exact) mass is 416 g/mol. The van der Waals surface area contributed by atoms with Crippen molar-refractivity contribution in [1.29, 1.82) is 0 Å². The van der Waals surface area contributed by atoms with Gasteiger partial charge in [-0.25, -0.2) is 0 Å². The third-order valence-corrected chi connectivity index (χ3v) is 6.45. The third kappa shape index (κ3) is 5.11. The second kappa shape index (κ2) is 9.63. The number of hydrogen-bond donors (Lipinski definition) is 1. The summed E-state index contributed by atoms with van der Waals surface area (Å²) in [5.74, 6) is 0.298. The van der Waals surface area contributed by atoms with E-state index in [1.54, 1.807) is 18.9 Å². The first kappa shape index (κ1) is 21.6. The number of rotatable bonds is 6. The normalized spacial score (nSPS) is 23.9. The van der Waals surface area contributed by atoms with Crippen molar-refractivity contribution in [2.75, 3.05) is 27.7 Å². The van der Waals surface area contributed by atoms with Gasteiger partial charge in [0.25, 0.3) is 6.23 Å². The minimum atomic E-state index is -0.842. The summed E-state index contributed by atoms with van der Waals surface area (Å²) in [4.78, 5) is 15.0. The molecule has 1 aliphatic heterocycles. The fourth-order valence-corrected chi connectivity index (χ4v) is 4.98. The molecule has 6 nitrogen and oxygen atoms in total. The number of nitrogens with one attached hydrogen (secondary N) is 1. The Morgan fingerprint density at radius 3 is 2.48 bits per heavy atom. The highest BCUT2D eigenvalue weighted by Crippen LogP contribution is 2.43. The zero-order valence-electron chi connectivity index (χ0n) is 17.3. The molecule has 0 fully saturated rings. The highest BCUT2D eigenvalue weighted by atomic mass is 32.2. The number of carbonyl (C=O) groups is 1. The molecule has 0 saturated carbocycles. The molecule has 2 aromatic rings. The summed E-state index contributed by atoms with van der Waals surface area (Å²) in [6.07, 6.45) is -0.165. The van der Waals surface area contributed by atoms with Crippen molar-refractivity contribution < 1.29 is 19.3 Å². The lowest BCUT2D eigenvalue weighted by atomic mass is 10.0. The number of fused-ring (bicyclic) bond motifs is 1. The van der Waals surface area contributed by atoms with Gasteiger partial charge in [-0.1, -0.05) is 30.3 Å². The van der Waals surface area contributed by atoms with Crippen LogP contribution in [0, 0.1) is 5.21 Å². The molecule has 4 unspecified atom stereocenters. The van der Waals surface area contributed by atoms with Crippen LogP contribution in [0.15, 0.2) is 53.4 Å². The summed E-state index contributed by atoms with van der Waals surface area (Å²) >= 11 is 1.58. The Labute approximate surface area is 176 Å². The third-order valence-electron chi connectivity index (χ3n) is 5.05. The summed E-state index contributed by atoms with van der Waals surface area (Å²) in [6.45, 7) is 2.13. The van der Waals surface area contributed by atoms with Crippen LogP contribution in [0.2, 0.25) is 0 Å². The highest BCUT2D eigenvalue weighted by molar-refractivity contribution is 7.99. The summed E-state index contributed by atoms with van der Waals surface area (Å²) in [6, 6.07) is 15.3. The summed E-state index contributed by atoms with van der Waals surface area (Å²) in [5, 5.41) is 13.3. The van der Waals surface area contributed by atoms with Gasteiger partial charge < -0.3 is 24.6 Å². The van der Waals surface area contributed by atoms with Gasteiger partial charge in [-0.15, -0.1) is 11.8 Å². The number of benzene rings is 2. The molecule has 1 N–H and O–H groups in total. The SMILES string of the molecule is COc1ccc(C2Sc3ccccc3C(CCN(C)C)[NH+]([O-])C2OC(C)=O)cc1. The van der Waals surface area contributed by atoms with Gasteiger partial charge in [0.15, 0.2) is 0 Å². The molecule has 0 radical (unpaired) electrons. The van der Waals surface area contributed by atoms with E-state index in [0.29, 0.717) is 6.42 Å². The number of ether oxygens (including phenoxy) is 2. The first-order chi connectivity index (χ1) is 13.9. The van der Waals surface area contributed by atoms with Crippen LogP contribution in [0.3, 0.4) is 0 Å². The Balaban J connectivity index is 2.04. The van der Waals surface area contributed by atoms with Gasteiger partial charge >= 0.3 is 5.97 Å². The fourth-order valence-electron chi connectivity index (χ4n) is 3.60. The smallest absolute Gasteiger partial charge is 0.307 e. The largest absolute Gasteiger partial charge is 0.631 e. The molecule has 4 atom stereocenters. The van der Waals surface area contributed by atoms with E-state index in [1.807, 2.05) is 62.6 Å². The fraction of sp³-hybridized carbons (Fsp3) is 0.409. The number of carbonyl (C=O) groups excluding carboxylic acids is 1. The Morgan fingerprint density at radius 1 is 1.17 bits per heavy atom. The van der Waals surface area contributed by atoms with Gasteiger partial charge in [-0.05, 0) is 37.9 Å². The molecular weight excluding hydrogens is 388 g/mol. The van der Waals surface area contributed by atoms with Crippen LogP contribution < -0.4 is 9.80 Å². The maximum Gasteiger partial charge on any atom is 0.307 e. The maximum absolute atomic E-state index is 13.6. The molecule has 156 valence electrons. The first-order valence-corrected chi connectivity index (χ1v) is 10.5. The lowest BCUT2D eigenvalue weighted by Crippen LogP contribution is -3.12. The van der Waals surface area contributed by atoms with Gasteiger partial charge in [0.1, 0.15) is 17.0 Å². The summed E-state index contributed by atoms with van der Waals surface area (Å²) < 4.78 is 10.9. The predicted molar refractivity (Wildman–Crippen MR) is 114 cm³/mol. The minimum absolute atomic E-state index is 0.0414. The molecule has 0 bridgehead atoms. The topological polar surface area (TPSA) is 66.3 Å². The van der Waals surface area contributed by atoms with Crippen molar-refractivity contribution in [3.8, 4) is 5.75 Å². The maximum atomic E-state index is 13.6. The second-order valence-electron chi connectivity index (χ2n) is 7.43. The average Bonchev–Trinajstić information content (AvgIpc) is 2.81. The standard InChI is InChI=1S/C22H28N2O4S/c1-15(25)28-22-21(16-9-11-17(27-4)12-10-16)29-20-8-6-5-7-18(20)19(24(22)26)13-14-23(2)3/h5-12,19,21-22,24H,13-14H2,1-4H3. The lowest BCUT2D eigenvalue weighted by molar-refractivity contribution is -0.929. The number of methoxy groups -OCH3 is 1. The van der Waals surface area contributed by atoms with Crippen LogP contribution in [0.25, 0.3) is 0 Å². The van der Waals surface area contributed by atoms with Crippen molar-refractivity contribution in [1.82, 2.24) is 4.90 Å². The number of hydrogen-bond acceptors (Lipinski definition) is 6. The molecule has 29 heavy (non-hydrogen) atoms. The predicted octanol–water partition coefficient (Wildman–Crippen LogP) is 2.81. The van der Waals surface area contributed by atoms with Gasteiger partial charge in [-0.3, -0.25) is 4.79 Å². The van der Waals surface area contributed by atoms with E-state index in [0.717, 1.165) is 28.3 Å². The van der Waals surface area contributed by atoms with Crippen LogP contribution >= 0.6 is 11.8 Å². The van der Waals surface area contributed by atoms with Crippen LogP contribution in [0.5, 0.6) is 5.75 Å². The van der Waals surface area contributed by atoms with E-state index in [2.05, 4.69) is 4.90 Å². The molecule has 0 amide bonds. The Hall–Kier alpha value is -2.06. The number of esters is 1. The Kier molecular flexibility index (Phi) is 7.18. The molecule has 0 aliphatic carbocycles. The van der Waals surface area contributed by atoms with E-state index >= 15 is 0 Å². The van der Waals surface area contributed by atoms with Gasteiger partial charge in [0.2, 0.25) is 0 Å². The van der Waals surface area contributed by atoms with E-state index in [4.69, 9.17) is 9.47 Å². The minimum Gasteiger partial charge on any atom is -0.631 e. The van der Waals surface area contributed by atoms with E-state index in [1.165, 1.54) is 6.92 Å². The average molecular weight is 417 g/mol. The first-order valence-electron chi connectivity index (χ1n) is 9.66. The summed E-state index contributed by atoms with van der Waals surface area (Å²) in [7, 11) is 5.60. The molecule has 1 heterocycles. The van der Waals surface area contributed by atoms with Crippen LogP contribution in [-0.2, 0) is 9.53 Å².